The highest BCUT2D eigenvalue weighted by Gasteiger charge is 2.39. The second-order valence-corrected chi connectivity index (χ2v) is 13.9. The Bertz CT molecular complexity index is 725. The molecular weight excluding hydrogens is 424 g/mol. The number of methoxy groups -OCH3 is 2. The Morgan fingerprint density at radius 1 is 1.03 bits per heavy atom. The van der Waals surface area contributed by atoms with Gasteiger partial charge in [-0.25, -0.2) is 9.59 Å². The maximum absolute atomic E-state index is 11.9. The molecule has 0 heterocycles. The molecule has 0 aromatic rings. The predicted octanol–water partition coefficient (Wildman–Crippen LogP) is 5.73. The molecule has 0 bridgehead atoms. The minimum Gasteiger partial charge on any atom is -0.490 e. The summed E-state index contributed by atoms with van der Waals surface area (Å²) >= 11 is 0. The molecule has 0 spiro atoms. The van der Waals surface area contributed by atoms with Crippen molar-refractivity contribution in [3.8, 4) is 0 Å². The van der Waals surface area contributed by atoms with E-state index >= 15 is 0 Å². The molecule has 0 radical (unpaired) electrons. The van der Waals surface area contributed by atoms with Gasteiger partial charge in [0.1, 0.15) is 0 Å². The molecule has 0 amide bonds. The number of hydrogen-bond acceptors (Lipinski definition) is 6. The van der Waals surface area contributed by atoms with Crippen LogP contribution >= 0.6 is 0 Å². The zero-order valence-electron chi connectivity index (χ0n) is 21.5. The molecule has 7 heteroatoms. The Hall–Kier alpha value is -2.12. The van der Waals surface area contributed by atoms with E-state index in [1.54, 1.807) is 25.2 Å². The van der Waals surface area contributed by atoms with Crippen LogP contribution in [0.1, 0.15) is 48.0 Å². The lowest BCUT2D eigenvalue weighted by molar-refractivity contribution is -0.139. The molecule has 0 aliphatic carbocycles. The van der Waals surface area contributed by atoms with Crippen molar-refractivity contribution in [2.24, 2.45) is 5.92 Å². The lowest BCUT2D eigenvalue weighted by Crippen LogP contribution is -2.45. The van der Waals surface area contributed by atoms with Crippen LogP contribution in [-0.2, 0) is 28.2 Å². The summed E-state index contributed by atoms with van der Waals surface area (Å²) in [6, 6.07) is 0. The molecule has 0 saturated carbocycles. The van der Waals surface area contributed by atoms with Crippen LogP contribution in [0.3, 0.4) is 0 Å². The molecule has 0 N–H and O–H groups in total. The van der Waals surface area contributed by atoms with E-state index in [9.17, 15) is 9.59 Å². The lowest BCUT2D eigenvalue weighted by Gasteiger charge is -2.40. The Labute approximate surface area is 195 Å². The summed E-state index contributed by atoms with van der Waals surface area (Å²) in [5.41, 5.74) is 1.04. The van der Waals surface area contributed by atoms with E-state index in [2.05, 4.69) is 46.9 Å². The quantitative estimate of drug-likeness (QED) is 0.120. The van der Waals surface area contributed by atoms with Gasteiger partial charge < -0.3 is 18.6 Å². The van der Waals surface area contributed by atoms with E-state index in [4.69, 9.17) is 18.6 Å². The summed E-state index contributed by atoms with van der Waals surface area (Å²) in [4.78, 5) is 23.2. The topological polar surface area (TPSA) is 71.1 Å². The van der Waals surface area contributed by atoms with Crippen molar-refractivity contribution in [1.29, 1.82) is 0 Å². The van der Waals surface area contributed by atoms with Crippen molar-refractivity contribution in [2.75, 3.05) is 20.8 Å². The Balaban J connectivity index is 5.63. The van der Waals surface area contributed by atoms with Gasteiger partial charge in [-0.15, -0.1) is 0 Å². The van der Waals surface area contributed by atoms with Crippen LogP contribution < -0.4 is 0 Å². The molecule has 0 aromatic heterocycles. The van der Waals surface area contributed by atoms with Gasteiger partial charge in [0.15, 0.2) is 14.1 Å². The third-order valence-corrected chi connectivity index (χ3v) is 10.00. The molecule has 0 aromatic carbocycles. The zero-order chi connectivity index (χ0) is 24.9. The van der Waals surface area contributed by atoms with Crippen molar-refractivity contribution < 1.29 is 28.2 Å². The number of allylic oxidation sites excluding steroid dienone is 4. The van der Waals surface area contributed by atoms with Gasteiger partial charge >= 0.3 is 11.9 Å². The first-order valence-corrected chi connectivity index (χ1v) is 13.9. The number of ether oxygens (including phenoxy) is 3. The standard InChI is InChI=1S/C25H42O6Si/c1-11-30-23(26)15-13-12-14-19(2)18-20(3)21(31-32(9,10)25(4,5)6)16-17-22(28-7)24(27)29-8/h12-15,17-18,20-21H,11,16H2,1-10H3/b14-12+,15-13?,19-18+,22-17+/t20-,21-/m0/s1. The Kier molecular flexibility index (Phi) is 13.2. The zero-order valence-corrected chi connectivity index (χ0v) is 22.5. The van der Waals surface area contributed by atoms with E-state index in [1.807, 2.05) is 13.0 Å². The van der Waals surface area contributed by atoms with Gasteiger partial charge in [-0.1, -0.05) is 57.6 Å². The molecule has 0 fully saturated rings. The molecule has 182 valence electrons. The molecular formula is C25H42O6Si. The minimum absolute atomic E-state index is 0.0532. The molecule has 32 heavy (non-hydrogen) atoms. The monoisotopic (exact) mass is 466 g/mol. The van der Waals surface area contributed by atoms with E-state index < -0.39 is 14.3 Å². The van der Waals surface area contributed by atoms with Gasteiger partial charge in [0.25, 0.3) is 0 Å². The van der Waals surface area contributed by atoms with Crippen molar-refractivity contribution in [3.05, 3.63) is 47.8 Å². The van der Waals surface area contributed by atoms with Gasteiger partial charge in [0, 0.05) is 6.08 Å². The highest BCUT2D eigenvalue weighted by Crippen LogP contribution is 2.38. The normalized spacial score (nSPS) is 15.7. The van der Waals surface area contributed by atoms with Gasteiger partial charge in [-0.3, -0.25) is 0 Å². The van der Waals surface area contributed by atoms with E-state index in [-0.39, 0.29) is 28.8 Å². The van der Waals surface area contributed by atoms with Crippen LogP contribution in [0.25, 0.3) is 0 Å². The molecule has 0 unspecified atom stereocenters. The van der Waals surface area contributed by atoms with Crippen LogP contribution in [0.2, 0.25) is 18.1 Å². The SMILES string of the molecule is CCOC(=O)C=C/C=C/C(C)=C/[C@H](C)[C@H](C/C=C(/OC)C(=O)OC)O[Si](C)(C)C(C)(C)C. The van der Waals surface area contributed by atoms with Crippen molar-refractivity contribution in [2.45, 2.75) is 72.2 Å². The Morgan fingerprint density at radius 3 is 2.12 bits per heavy atom. The Morgan fingerprint density at radius 2 is 1.62 bits per heavy atom. The van der Waals surface area contributed by atoms with Crippen LogP contribution in [0, 0.1) is 5.92 Å². The molecule has 2 atom stereocenters. The summed E-state index contributed by atoms with van der Waals surface area (Å²) in [5, 5.41) is 0.0532. The predicted molar refractivity (Wildman–Crippen MR) is 132 cm³/mol. The summed E-state index contributed by atoms with van der Waals surface area (Å²) in [5.74, 6) is -0.612. The summed E-state index contributed by atoms with van der Waals surface area (Å²) in [6.45, 7) is 17.3. The van der Waals surface area contributed by atoms with Crippen LogP contribution in [-0.4, -0.2) is 47.2 Å². The first kappa shape index (κ1) is 29.9. The van der Waals surface area contributed by atoms with E-state index in [0.717, 1.165) is 5.57 Å². The van der Waals surface area contributed by atoms with Gasteiger partial charge in [-0.05, 0) is 50.4 Å². The van der Waals surface area contributed by atoms with Gasteiger partial charge in [0.2, 0.25) is 0 Å². The average molecular weight is 467 g/mol. The summed E-state index contributed by atoms with van der Waals surface area (Å²) in [6.07, 6.45) is 11.0. The third kappa shape index (κ3) is 11.0. The maximum Gasteiger partial charge on any atom is 0.372 e. The lowest BCUT2D eigenvalue weighted by atomic mass is 9.98. The smallest absolute Gasteiger partial charge is 0.372 e. The van der Waals surface area contributed by atoms with Gasteiger partial charge in [-0.2, -0.15) is 0 Å². The fraction of sp³-hybridized carbons (Fsp3) is 0.600. The van der Waals surface area contributed by atoms with Crippen LogP contribution in [0.15, 0.2) is 47.8 Å². The van der Waals surface area contributed by atoms with E-state index in [1.165, 1.54) is 20.3 Å². The molecule has 0 saturated heterocycles. The number of esters is 2. The number of carbonyl (C=O) groups excluding carboxylic acids is 2. The van der Waals surface area contributed by atoms with E-state index in [0.29, 0.717) is 13.0 Å². The number of rotatable bonds is 12. The van der Waals surface area contributed by atoms with Crippen molar-refractivity contribution in [3.63, 3.8) is 0 Å². The largest absolute Gasteiger partial charge is 0.490 e. The third-order valence-electron chi connectivity index (χ3n) is 5.50. The van der Waals surface area contributed by atoms with Crippen molar-refractivity contribution in [1.82, 2.24) is 0 Å². The molecule has 6 nitrogen and oxygen atoms in total. The molecule has 0 aliphatic rings. The van der Waals surface area contributed by atoms with Crippen LogP contribution in [0.5, 0.6) is 0 Å². The molecule has 0 aliphatic heterocycles. The summed E-state index contributed by atoms with van der Waals surface area (Å²) in [7, 11) is 0.735. The van der Waals surface area contributed by atoms with Crippen molar-refractivity contribution >= 4 is 20.3 Å². The average Bonchev–Trinajstić information content (AvgIpc) is 2.69. The van der Waals surface area contributed by atoms with Gasteiger partial charge in [0.05, 0.1) is 26.9 Å². The molecule has 0 rings (SSSR count). The highest BCUT2D eigenvalue weighted by molar-refractivity contribution is 6.74. The maximum atomic E-state index is 11.9. The second-order valence-electron chi connectivity index (χ2n) is 9.16. The summed E-state index contributed by atoms with van der Waals surface area (Å²) < 4.78 is 21.5. The fourth-order valence-corrected chi connectivity index (χ4v) is 4.03. The first-order valence-electron chi connectivity index (χ1n) is 11.0. The first-order chi connectivity index (χ1) is 14.8. The number of hydrogen-bond donors (Lipinski definition) is 0. The highest BCUT2D eigenvalue weighted by atomic mass is 28.4. The second kappa shape index (κ2) is 14.1. The fourth-order valence-electron chi connectivity index (χ4n) is 2.61. The number of carbonyl (C=O) groups is 2. The van der Waals surface area contributed by atoms with Crippen LogP contribution in [0.4, 0.5) is 0 Å². The minimum atomic E-state index is -2.05.